The Morgan fingerprint density at radius 2 is 2.00 bits per heavy atom. The molecule has 0 fully saturated rings. The zero-order valence-electron chi connectivity index (χ0n) is 11.4. The number of nitrogen functional groups attached to an aromatic ring is 1. The van der Waals surface area contributed by atoms with Gasteiger partial charge in [-0.1, -0.05) is 34.6 Å². The first-order valence-corrected chi connectivity index (χ1v) is 7.13. The van der Waals surface area contributed by atoms with Crippen LogP contribution in [0.4, 0.5) is 5.82 Å². The predicted octanol–water partition coefficient (Wildman–Crippen LogP) is 3.39. The van der Waals surface area contributed by atoms with E-state index >= 15 is 0 Å². The minimum atomic E-state index is 0.0207. The van der Waals surface area contributed by atoms with E-state index in [1.807, 2.05) is 17.8 Å². The highest BCUT2D eigenvalue weighted by atomic mass is 32.2. The summed E-state index contributed by atoms with van der Waals surface area (Å²) < 4.78 is 0. The molecular weight excluding hydrogens is 230 g/mol. The third kappa shape index (κ3) is 4.54. The number of hydrogen-bond acceptors (Lipinski definition) is 4. The molecule has 1 atom stereocenters. The number of rotatable bonds is 4. The van der Waals surface area contributed by atoms with Gasteiger partial charge in [0.1, 0.15) is 11.6 Å². The van der Waals surface area contributed by atoms with Crippen LogP contribution in [0.25, 0.3) is 0 Å². The highest BCUT2D eigenvalue weighted by Crippen LogP contribution is 2.23. The Kier molecular flexibility index (Phi) is 4.80. The van der Waals surface area contributed by atoms with Crippen molar-refractivity contribution < 1.29 is 0 Å². The highest BCUT2D eigenvalue weighted by Gasteiger charge is 2.17. The van der Waals surface area contributed by atoms with Gasteiger partial charge in [-0.25, -0.2) is 9.97 Å². The van der Waals surface area contributed by atoms with E-state index in [2.05, 4.69) is 44.6 Å². The van der Waals surface area contributed by atoms with Crippen LogP contribution in [0, 0.1) is 0 Å². The van der Waals surface area contributed by atoms with Crippen LogP contribution in [0.5, 0.6) is 0 Å². The molecule has 4 heteroatoms. The molecule has 1 aromatic rings. The van der Waals surface area contributed by atoms with Gasteiger partial charge in [-0.05, 0) is 6.42 Å². The van der Waals surface area contributed by atoms with Crippen LogP contribution in [-0.2, 0) is 11.2 Å². The molecule has 0 aliphatic rings. The lowest BCUT2D eigenvalue weighted by Crippen LogP contribution is -2.16. The Hall–Kier alpha value is -0.770. The molecule has 0 spiro atoms. The average molecular weight is 253 g/mol. The smallest absolute Gasteiger partial charge is 0.140 e. The highest BCUT2D eigenvalue weighted by molar-refractivity contribution is 7.99. The van der Waals surface area contributed by atoms with Crippen LogP contribution in [-0.4, -0.2) is 15.2 Å². The van der Waals surface area contributed by atoms with E-state index in [0.717, 1.165) is 17.3 Å². The van der Waals surface area contributed by atoms with E-state index in [1.165, 1.54) is 6.42 Å². The summed E-state index contributed by atoms with van der Waals surface area (Å²) in [6.45, 7) is 10.8. The van der Waals surface area contributed by atoms with Gasteiger partial charge in [0, 0.05) is 16.7 Å². The van der Waals surface area contributed by atoms with Gasteiger partial charge in [0.2, 0.25) is 0 Å². The van der Waals surface area contributed by atoms with Gasteiger partial charge in [0.15, 0.2) is 0 Å². The molecular formula is C13H23N3S. The lowest BCUT2D eigenvalue weighted by molar-refractivity contribution is 0.564. The van der Waals surface area contributed by atoms with Gasteiger partial charge in [-0.2, -0.15) is 11.8 Å². The molecule has 0 aliphatic carbocycles. The van der Waals surface area contributed by atoms with E-state index in [9.17, 15) is 0 Å². The maximum atomic E-state index is 5.83. The molecule has 0 aromatic carbocycles. The van der Waals surface area contributed by atoms with Gasteiger partial charge in [0.25, 0.3) is 0 Å². The van der Waals surface area contributed by atoms with Crippen molar-refractivity contribution >= 4 is 17.6 Å². The number of nitrogens with zero attached hydrogens (tertiary/aromatic N) is 2. The van der Waals surface area contributed by atoms with Crippen LogP contribution in [0.15, 0.2) is 6.07 Å². The molecule has 96 valence electrons. The SMILES string of the molecule is CCC(C)SCc1nc(N)cc(C(C)(C)C)n1. The topological polar surface area (TPSA) is 51.8 Å². The second kappa shape index (κ2) is 5.71. The lowest BCUT2D eigenvalue weighted by Gasteiger charge is -2.19. The molecule has 17 heavy (non-hydrogen) atoms. The summed E-state index contributed by atoms with van der Waals surface area (Å²) in [6, 6.07) is 1.87. The minimum Gasteiger partial charge on any atom is -0.384 e. The summed E-state index contributed by atoms with van der Waals surface area (Å²) in [5.41, 5.74) is 6.87. The van der Waals surface area contributed by atoms with E-state index in [1.54, 1.807) is 0 Å². The standard InChI is InChI=1S/C13H23N3S/c1-6-9(2)17-8-12-15-10(13(3,4)5)7-11(14)16-12/h7,9H,6,8H2,1-5H3,(H2,14,15,16). The fourth-order valence-corrected chi connectivity index (χ4v) is 2.10. The molecule has 0 bridgehead atoms. The van der Waals surface area contributed by atoms with E-state index in [0.29, 0.717) is 11.1 Å². The molecule has 0 saturated heterocycles. The molecule has 3 nitrogen and oxygen atoms in total. The summed E-state index contributed by atoms with van der Waals surface area (Å²) in [5.74, 6) is 2.26. The molecule has 1 heterocycles. The predicted molar refractivity (Wildman–Crippen MR) is 76.2 cm³/mol. The fourth-order valence-electron chi connectivity index (χ4n) is 1.30. The minimum absolute atomic E-state index is 0.0207. The quantitative estimate of drug-likeness (QED) is 0.893. The normalized spacial score (nSPS) is 13.7. The monoisotopic (exact) mass is 253 g/mol. The van der Waals surface area contributed by atoms with Crippen LogP contribution >= 0.6 is 11.8 Å². The fraction of sp³-hybridized carbons (Fsp3) is 0.692. The molecule has 0 amide bonds. The number of anilines is 1. The Morgan fingerprint density at radius 3 is 2.53 bits per heavy atom. The van der Waals surface area contributed by atoms with Crippen molar-refractivity contribution in [1.82, 2.24) is 9.97 Å². The van der Waals surface area contributed by atoms with Crippen LogP contribution in [0.2, 0.25) is 0 Å². The van der Waals surface area contributed by atoms with Crippen LogP contribution in [0.1, 0.15) is 52.6 Å². The molecule has 0 aliphatic heterocycles. The van der Waals surface area contributed by atoms with Crippen molar-refractivity contribution in [2.24, 2.45) is 0 Å². The van der Waals surface area contributed by atoms with E-state index in [-0.39, 0.29) is 5.41 Å². The van der Waals surface area contributed by atoms with Gasteiger partial charge in [-0.15, -0.1) is 0 Å². The van der Waals surface area contributed by atoms with Crippen molar-refractivity contribution in [3.8, 4) is 0 Å². The molecule has 0 radical (unpaired) electrons. The third-order valence-corrected chi connectivity index (χ3v) is 3.96. The van der Waals surface area contributed by atoms with Gasteiger partial charge >= 0.3 is 0 Å². The second-order valence-corrected chi connectivity index (χ2v) is 6.80. The Morgan fingerprint density at radius 1 is 1.35 bits per heavy atom. The molecule has 2 N–H and O–H groups in total. The largest absolute Gasteiger partial charge is 0.384 e. The Bertz CT molecular complexity index is 371. The van der Waals surface area contributed by atoms with Gasteiger partial charge in [0.05, 0.1) is 11.4 Å². The lowest BCUT2D eigenvalue weighted by atomic mass is 9.92. The van der Waals surface area contributed by atoms with Crippen molar-refractivity contribution in [1.29, 1.82) is 0 Å². The third-order valence-electron chi connectivity index (χ3n) is 2.63. The molecule has 1 unspecified atom stereocenters. The van der Waals surface area contributed by atoms with E-state index in [4.69, 9.17) is 5.73 Å². The second-order valence-electron chi connectivity index (χ2n) is 5.37. The number of nitrogens with two attached hydrogens (primary N) is 1. The molecule has 1 rings (SSSR count). The Labute approximate surface area is 109 Å². The summed E-state index contributed by atoms with van der Waals surface area (Å²) >= 11 is 1.88. The number of thioether (sulfide) groups is 1. The first-order valence-electron chi connectivity index (χ1n) is 6.08. The van der Waals surface area contributed by atoms with Crippen LogP contribution in [0.3, 0.4) is 0 Å². The first-order chi connectivity index (χ1) is 7.82. The van der Waals surface area contributed by atoms with Gasteiger partial charge < -0.3 is 5.73 Å². The van der Waals surface area contributed by atoms with Crippen molar-refractivity contribution in [3.05, 3.63) is 17.6 Å². The van der Waals surface area contributed by atoms with Crippen LogP contribution < -0.4 is 5.73 Å². The van der Waals surface area contributed by atoms with Gasteiger partial charge in [-0.3, -0.25) is 0 Å². The zero-order valence-corrected chi connectivity index (χ0v) is 12.3. The summed E-state index contributed by atoms with van der Waals surface area (Å²) in [7, 11) is 0. The summed E-state index contributed by atoms with van der Waals surface area (Å²) in [6.07, 6.45) is 1.17. The summed E-state index contributed by atoms with van der Waals surface area (Å²) in [5, 5.41) is 0.637. The summed E-state index contributed by atoms with van der Waals surface area (Å²) in [4.78, 5) is 8.90. The van der Waals surface area contributed by atoms with Crippen molar-refractivity contribution in [3.63, 3.8) is 0 Å². The Balaban J connectivity index is 2.83. The van der Waals surface area contributed by atoms with Crippen molar-refractivity contribution in [2.45, 2.75) is 57.5 Å². The maximum Gasteiger partial charge on any atom is 0.140 e. The molecule has 0 saturated carbocycles. The maximum absolute atomic E-state index is 5.83. The first kappa shape index (κ1) is 14.3. The molecule has 1 aromatic heterocycles. The number of aromatic nitrogens is 2. The number of hydrogen-bond donors (Lipinski definition) is 1. The van der Waals surface area contributed by atoms with Crippen molar-refractivity contribution in [2.75, 3.05) is 5.73 Å². The van der Waals surface area contributed by atoms with E-state index < -0.39 is 0 Å². The average Bonchev–Trinajstić information content (AvgIpc) is 2.24. The zero-order chi connectivity index (χ0) is 13.1.